The molecule has 0 aliphatic heterocycles. The van der Waals surface area contributed by atoms with Gasteiger partial charge in [0.05, 0.1) is 7.11 Å². The molecule has 0 unspecified atom stereocenters. The van der Waals surface area contributed by atoms with E-state index in [2.05, 4.69) is 14.9 Å². The first kappa shape index (κ1) is 8.74. The lowest BCUT2D eigenvalue weighted by atomic mass is 10.1. The second-order valence-corrected chi connectivity index (χ2v) is 2.93. The van der Waals surface area contributed by atoms with E-state index in [1.54, 1.807) is 7.11 Å². The first-order chi connectivity index (χ1) is 6.81. The molecule has 0 amide bonds. The van der Waals surface area contributed by atoms with E-state index >= 15 is 0 Å². The molecule has 0 bridgehead atoms. The summed E-state index contributed by atoms with van der Waals surface area (Å²) in [7, 11) is 1.64. The van der Waals surface area contributed by atoms with Crippen molar-refractivity contribution in [3.63, 3.8) is 0 Å². The molecular weight excluding hydrogens is 180 g/mol. The summed E-state index contributed by atoms with van der Waals surface area (Å²) in [6, 6.07) is 7.60. The number of aryl methyl sites for hydroxylation is 1. The van der Waals surface area contributed by atoms with Gasteiger partial charge in [0.15, 0.2) is 0 Å². The Morgan fingerprint density at radius 1 is 1.14 bits per heavy atom. The van der Waals surface area contributed by atoms with E-state index in [0.29, 0.717) is 0 Å². The van der Waals surface area contributed by atoms with Crippen LogP contribution in [0.2, 0.25) is 0 Å². The lowest BCUT2D eigenvalue weighted by Gasteiger charge is -1.99. The number of hydrogen-bond donors (Lipinski definition) is 0. The van der Waals surface area contributed by atoms with Crippen molar-refractivity contribution in [3.05, 3.63) is 30.0 Å². The predicted molar refractivity (Wildman–Crippen MR) is 51.0 cm³/mol. The van der Waals surface area contributed by atoms with Crippen LogP contribution in [0.15, 0.2) is 28.9 Å². The molecule has 1 aromatic heterocycles. The highest BCUT2D eigenvalue weighted by molar-refractivity contribution is 5.61. The number of hydrogen-bond acceptors (Lipinski definition) is 4. The summed E-state index contributed by atoms with van der Waals surface area (Å²) in [4.78, 5) is 0. The van der Waals surface area contributed by atoms with Crippen LogP contribution in [0.1, 0.15) is 5.69 Å². The second kappa shape index (κ2) is 3.49. The number of aromatic nitrogens is 2. The molecule has 0 saturated carbocycles. The molecule has 2 aromatic rings. The number of rotatable bonds is 2. The minimum absolute atomic E-state index is 0.771. The van der Waals surface area contributed by atoms with Gasteiger partial charge in [-0.05, 0) is 36.3 Å². The summed E-state index contributed by atoms with van der Waals surface area (Å²) in [5.74, 6) is 0.822. The summed E-state index contributed by atoms with van der Waals surface area (Å²) in [5.41, 5.74) is 2.53. The second-order valence-electron chi connectivity index (χ2n) is 2.93. The molecule has 0 saturated heterocycles. The number of ether oxygens (including phenoxy) is 1. The lowest BCUT2D eigenvalue weighted by molar-refractivity contribution is 0.306. The van der Waals surface area contributed by atoms with Crippen LogP contribution in [-0.2, 0) is 0 Å². The Morgan fingerprint density at radius 3 is 2.36 bits per heavy atom. The monoisotopic (exact) mass is 190 g/mol. The molecule has 14 heavy (non-hydrogen) atoms. The molecule has 4 heteroatoms. The molecule has 0 spiro atoms. The number of benzene rings is 1. The Morgan fingerprint density at radius 2 is 1.86 bits per heavy atom. The first-order valence-corrected chi connectivity index (χ1v) is 4.25. The van der Waals surface area contributed by atoms with Crippen LogP contribution in [0.25, 0.3) is 11.3 Å². The van der Waals surface area contributed by atoms with E-state index in [4.69, 9.17) is 4.74 Å². The van der Waals surface area contributed by atoms with Crippen LogP contribution in [0.5, 0.6) is 5.75 Å². The van der Waals surface area contributed by atoms with Gasteiger partial charge in [-0.3, -0.25) is 0 Å². The van der Waals surface area contributed by atoms with Crippen molar-refractivity contribution in [3.8, 4) is 17.0 Å². The van der Waals surface area contributed by atoms with Crippen molar-refractivity contribution in [2.45, 2.75) is 6.92 Å². The average Bonchev–Trinajstić information content (AvgIpc) is 2.65. The van der Waals surface area contributed by atoms with Gasteiger partial charge >= 0.3 is 0 Å². The van der Waals surface area contributed by atoms with Gasteiger partial charge in [0.1, 0.15) is 17.1 Å². The zero-order chi connectivity index (χ0) is 9.97. The zero-order valence-corrected chi connectivity index (χ0v) is 8.02. The van der Waals surface area contributed by atoms with Crippen LogP contribution >= 0.6 is 0 Å². The Hall–Kier alpha value is -1.84. The molecule has 4 nitrogen and oxygen atoms in total. The quantitative estimate of drug-likeness (QED) is 0.727. The third-order valence-electron chi connectivity index (χ3n) is 2.02. The fraction of sp³-hybridized carbons (Fsp3) is 0.200. The standard InChI is InChI=1S/C10H10N2O2/c1-7-10(12-14-11-7)8-3-5-9(13-2)6-4-8/h3-6H,1-2H3. The molecule has 72 valence electrons. The zero-order valence-electron chi connectivity index (χ0n) is 8.02. The van der Waals surface area contributed by atoms with E-state index < -0.39 is 0 Å². The molecular formula is C10H10N2O2. The highest BCUT2D eigenvalue weighted by Gasteiger charge is 2.07. The van der Waals surface area contributed by atoms with Gasteiger partial charge in [-0.15, -0.1) is 0 Å². The topological polar surface area (TPSA) is 48.2 Å². The maximum absolute atomic E-state index is 5.06. The molecule has 0 fully saturated rings. The molecule has 2 rings (SSSR count). The highest BCUT2D eigenvalue weighted by Crippen LogP contribution is 2.22. The molecule has 0 radical (unpaired) electrons. The van der Waals surface area contributed by atoms with Crippen molar-refractivity contribution >= 4 is 0 Å². The largest absolute Gasteiger partial charge is 0.497 e. The SMILES string of the molecule is COc1ccc(-c2nonc2C)cc1. The average molecular weight is 190 g/mol. The normalized spacial score (nSPS) is 10.1. The van der Waals surface area contributed by atoms with E-state index in [-0.39, 0.29) is 0 Å². The predicted octanol–water partition coefficient (Wildman–Crippen LogP) is 2.05. The summed E-state index contributed by atoms with van der Waals surface area (Å²) in [5, 5.41) is 7.53. The van der Waals surface area contributed by atoms with Gasteiger partial charge in [-0.1, -0.05) is 5.16 Å². The van der Waals surface area contributed by atoms with E-state index in [1.165, 1.54) is 0 Å². The van der Waals surface area contributed by atoms with Crippen molar-refractivity contribution < 1.29 is 9.37 Å². The van der Waals surface area contributed by atoms with Crippen LogP contribution in [0, 0.1) is 6.92 Å². The molecule has 0 aliphatic carbocycles. The van der Waals surface area contributed by atoms with E-state index in [9.17, 15) is 0 Å². The van der Waals surface area contributed by atoms with Crippen LogP contribution < -0.4 is 4.74 Å². The summed E-state index contributed by atoms with van der Waals surface area (Å²) in [6.07, 6.45) is 0. The minimum atomic E-state index is 0.771. The third-order valence-corrected chi connectivity index (χ3v) is 2.02. The van der Waals surface area contributed by atoms with Gasteiger partial charge in [0.25, 0.3) is 0 Å². The molecule has 0 N–H and O–H groups in total. The fourth-order valence-corrected chi connectivity index (χ4v) is 1.24. The molecule has 1 aromatic carbocycles. The molecule has 0 atom stereocenters. The lowest BCUT2D eigenvalue weighted by Crippen LogP contribution is -1.84. The van der Waals surface area contributed by atoms with Gasteiger partial charge in [-0.25, -0.2) is 4.63 Å². The minimum Gasteiger partial charge on any atom is -0.497 e. The van der Waals surface area contributed by atoms with Crippen molar-refractivity contribution in [1.82, 2.24) is 10.3 Å². The van der Waals surface area contributed by atoms with E-state index in [0.717, 1.165) is 22.7 Å². The summed E-state index contributed by atoms with van der Waals surface area (Å²) in [6.45, 7) is 1.86. The van der Waals surface area contributed by atoms with Gasteiger partial charge < -0.3 is 4.74 Å². The fourth-order valence-electron chi connectivity index (χ4n) is 1.24. The van der Waals surface area contributed by atoms with Gasteiger partial charge in [0.2, 0.25) is 0 Å². The van der Waals surface area contributed by atoms with Crippen molar-refractivity contribution in [1.29, 1.82) is 0 Å². The Kier molecular flexibility index (Phi) is 2.18. The Bertz CT molecular complexity index is 420. The maximum atomic E-state index is 5.06. The van der Waals surface area contributed by atoms with Crippen LogP contribution in [0.4, 0.5) is 0 Å². The molecule has 1 heterocycles. The van der Waals surface area contributed by atoms with Crippen molar-refractivity contribution in [2.24, 2.45) is 0 Å². The third kappa shape index (κ3) is 1.46. The van der Waals surface area contributed by atoms with Crippen LogP contribution in [-0.4, -0.2) is 17.4 Å². The van der Waals surface area contributed by atoms with Gasteiger partial charge in [0, 0.05) is 5.56 Å². The smallest absolute Gasteiger partial charge is 0.137 e. The Balaban J connectivity index is 2.39. The Labute approximate surface area is 81.5 Å². The maximum Gasteiger partial charge on any atom is 0.137 e. The van der Waals surface area contributed by atoms with E-state index in [1.807, 2.05) is 31.2 Å². The molecule has 0 aliphatic rings. The van der Waals surface area contributed by atoms with Crippen LogP contribution in [0.3, 0.4) is 0 Å². The number of methoxy groups -OCH3 is 1. The summed E-state index contributed by atoms with van der Waals surface area (Å²) >= 11 is 0. The number of nitrogens with zero attached hydrogens (tertiary/aromatic N) is 2. The highest BCUT2D eigenvalue weighted by atomic mass is 16.6. The first-order valence-electron chi connectivity index (χ1n) is 4.25. The summed E-state index contributed by atoms with van der Waals surface area (Å²) < 4.78 is 9.68. The van der Waals surface area contributed by atoms with Crippen molar-refractivity contribution in [2.75, 3.05) is 7.11 Å². The van der Waals surface area contributed by atoms with Gasteiger partial charge in [-0.2, -0.15) is 0 Å².